The van der Waals surface area contributed by atoms with Crippen LogP contribution in [-0.4, -0.2) is 37.1 Å². The second-order valence-corrected chi connectivity index (χ2v) is 7.18. The number of nitrogens with zero attached hydrogens (tertiary/aromatic N) is 1. The van der Waals surface area contributed by atoms with Gasteiger partial charge in [-0.2, -0.15) is 0 Å². The highest BCUT2D eigenvalue weighted by Gasteiger charge is 2.28. The number of hydrogen-bond acceptors (Lipinski definition) is 3. The largest absolute Gasteiger partial charge is 0.378 e. The first-order valence-electron chi connectivity index (χ1n) is 8.68. The zero-order valence-corrected chi connectivity index (χ0v) is 16.1. The maximum atomic E-state index is 13.2. The molecule has 0 saturated carbocycles. The van der Waals surface area contributed by atoms with Crippen molar-refractivity contribution in [1.29, 1.82) is 0 Å². The van der Waals surface area contributed by atoms with E-state index in [1.54, 1.807) is 6.07 Å². The van der Waals surface area contributed by atoms with Crippen LogP contribution in [0.25, 0.3) is 0 Å². The Bertz CT molecular complexity index is 749. The van der Waals surface area contributed by atoms with Gasteiger partial charge in [0.25, 0.3) is 0 Å². The Morgan fingerprint density at radius 1 is 1.12 bits per heavy atom. The van der Waals surface area contributed by atoms with Crippen molar-refractivity contribution in [3.8, 4) is 0 Å². The Morgan fingerprint density at radius 2 is 1.81 bits per heavy atom. The molecule has 0 spiro atoms. The summed E-state index contributed by atoms with van der Waals surface area (Å²) in [6.07, 6.45) is 0. The van der Waals surface area contributed by atoms with E-state index in [4.69, 9.17) is 27.9 Å². The normalized spacial score (nSPS) is 17.0. The predicted molar refractivity (Wildman–Crippen MR) is 105 cm³/mol. The third-order valence-corrected chi connectivity index (χ3v) is 5.11. The lowest BCUT2D eigenvalue weighted by Crippen LogP contribution is -2.46. The number of carbonyl (C=O) groups excluding carboxylic acids is 1. The summed E-state index contributed by atoms with van der Waals surface area (Å²) >= 11 is 12.3. The highest BCUT2D eigenvalue weighted by molar-refractivity contribution is 6.35. The zero-order valence-electron chi connectivity index (χ0n) is 14.6. The Labute approximate surface area is 164 Å². The van der Waals surface area contributed by atoms with Crippen LogP contribution in [0.5, 0.6) is 0 Å². The number of morpholine rings is 1. The van der Waals surface area contributed by atoms with Crippen molar-refractivity contribution >= 4 is 29.1 Å². The average molecular weight is 393 g/mol. The van der Waals surface area contributed by atoms with E-state index < -0.39 is 6.04 Å². The van der Waals surface area contributed by atoms with Crippen LogP contribution < -0.4 is 5.32 Å². The number of hydrogen-bond donors (Lipinski definition) is 1. The SMILES string of the molecule is C[C@@H](N[C@@H](C(=O)N1CCOCC1)c1ccccc1)c1ccc(Cl)cc1Cl. The number of halogens is 2. The van der Waals surface area contributed by atoms with Crippen LogP contribution in [0.15, 0.2) is 48.5 Å². The summed E-state index contributed by atoms with van der Waals surface area (Å²) in [5.74, 6) is 0.0523. The molecule has 0 bridgehead atoms. The molecule has 2 aromatic carbocycles. The molecule has 0 aromatic heterocycles. The molecule has 2 atom stereocenters. The molecular formula is C20H22Cl2N2O2. The van der Waals surface area contributed by atoms with Crippen molar-refractivity contribution < 1.29 is 9.53 Å². The molecular weight excluding hydrogens is 371 g/mol. The fourth-order valence-electron chi connectivity index (χ4n) is 3.11. The molecule has 3 rings (SSSR count). The summed E-state index contributed by atoms with van der Waals surface area (Å²) in [4.78, 5) is 15.0. The topological polar surface area (TPSA) is 41.6 Å². The number of nitrogens with one attached hydrogen (secondary N) is 1. The lowest BCUT2D eigenvalue weighted by molar-refractivity contribution is -0.138. The van der Waals surface area contributed by atoms with Gasteiger partial charge in [-0.15, -0.1) is 0 Å². The molecule has 1 heterocycles. The number of ether oxygens (including phenoxy) is 1. The van der Waals surface area contributed by atoms with E-state index in [0.717, 1.165) is 11.1 Å². The Kier molecular flexibility index (Phi) is 6.54. The lowest BCUT2D eigenvalue weighted by atomic mass is 10.0. The number of carbonyl (C=O) groups is 1. The van der Waals surface area contributed by atoms with Crippen LogP contribution in [0.1, 0.15) is 30.1 Å². The molecule has 0 radical (unpaired) electrons. The van der Waals surface area contributed by atoms with Gasteiger partial charge in [0.15, 0.2) is 0 Å². The van der Waals surface area contributed by atoms with Crippen LogP contribution in [0, 0.1) is 0 Å². The molecule has 4 nitrogen and oxygen atoms in total. The van der Waals surface area contributed by atoms with Crippen molar-refractivity contribution in [2.75, 3.05) is 26.3 Å². The fourth-order valence-corrected chi connectivity index (χ4v) is 3.69. The van der Waals surface area contributed by atoms with Crippen molar-refractivity contribution in [1.82, 2.24) is 10.2 Å². The van der Waals surface area contributed by atoms with Gasteiger partial charge in [-0.3, -0.25) is 10.1 Å². The van der Waals surface area contributed by atoms with Crippen molar-refractivity contribution in [2.24, 2.45) is 0 Å². The average Bonchev–Trinajstić information content (AvgIpc) is 2.67. The van der Waals surface area contributed by atoms with Gasteiger partial charge in [-0.25, -0.2) is 0 Å². The minimum absolute atomic E-state index is 0.0523. The first-order chi connectivity index (χ1) is 12.6. The molecule has 1 aliphatic heterocycles. The molecule has 1 aliphatic rings. The van der Waals surface area contributed by atoms with Crippen molar-refractivity contribution in [3.63, 3.8) is 0 Å². The molecule has 0 unspecified atom stereocenters. The molecule has 1 N–H and O–H groups in total. The first-order valence-corrected chi connectivity index (χ1v) is 9.44. The fraction of sp³-hybridized carbons (Fsp3) is 0.350. The number of rotatable bonds is 5. The van der Waals surface area contributed by atoms with E-state index in [2.05, 4.69) is 5.32 Å². The molecule has 1 fully saturated rings. The van der Waals surface area contributed by atoms with Gasteiger partial charge in [0.05, 0.1) is 13.2 Å². The zero-order chi connectivity index (χ0) is 18.5. The second-order valence-electron chi connectivity index (χ2n) is 6.34. The summed E-state index contributed by atoms with van der Waals surface area (Å²) in [6.45, 7) is 4.37. The van der Waals surface area contributed by atoms with Gasteiger partial charge < -0.3 is 9.64 Å². The minimum atomic E-state index is -0.448. The van der Waals surface area contributed by atoms with Crippen LogP contribution in [0.2, 0.25) is 10.0 Å². The Morgan fingerprint density at radius 3 is 2.46 bits per heavy atom. The van der Waals surface area contributed by atoms with E-state index in [0.29, 0.717) is 36.3 Å². The summed E-state index contributed by atoms with van der Waals surface area (Å²) < 4.78 is 5.37. The van der Waals surface area contributed by atoms with Crippen LogP contribution in [-0.2, 0) is 9.53 Å². The Hall–Kier alpha value is -1.59. The molecule has 0 aliphatic carbocycles. The molecule has 6 heteroatoms. The van der Waals surface area contributed by atoms with Gasteiger partial charge in [0, 0.05) is 29.2 Å². The first kappa shape index (κ1) is 19.2. The smallest absolute Gasteiger partial charge is 0.244 e. The van der Waals surface area contributed by atoms with Crippen molar-refractivity contribution in [2.45, 2.75) is 19.0 Å². The van der Waals surface area contributed by atoms with Gasteiger partial charge in [0.1, 0.15) is 6.04 Å². The van der Waals surface area contributed by atoms with Crippen LogP contribution >= 0.6 is 23.2 Å². The number of benzene rings is 2. The maximum Gasteiger partial charge on any atom is 0.244 e. The summed E-state index contributed by atoms with van der Waals surface area (Å²) in [6, 6.07) is 14.6. The molecule has 1 amide bonds. The third kappa shape index (κ3) is 4.57. The van der Waals surface area contributed by atoms with Crippen LogP contribution in [0.4, 0.5) is 0 Å². The molecule has 138 valence electrons. The predicted octanol–water partition coefficient (Wildman–Crippen LogP) is 4.24. The van der Waals surface area contributed by atoms with E-state index in [-0.39, 0.29) is 11.9 Å². The van der Waals surface area contributed by atoms with Crippen LogP contribution in [0.3, 0.4) is 0 Å². The van der Waals surface area contributed by atoms with Gasteiger partial charge >= 0.3 is 0 Å². The van der Waals surface area contributed by atoms with E-state index in [1.807, 2.05) is 54.3 Å². The third-order valence-electron chi connectivity index (χ3n) is 4.55. The monoisotopic (exact) mass is 392 g/mol. The quantitative estimate of drug-likeness (QED) is 0.826. The van der Waals surface area contributed by atoms with Gasteiger partial charge in [-0.1, -0.05) is 59.6 Å². The van der Waals surface area contributed by atoms with E-state index in [9.17, 15) is 4.79 Å². The van der Waals surface area contributed by atoms with E-state index >= 15 is 0 Å². The Balaban J connectivity index is 1.84. The number of amides is 1. The highest BCUT2D eigenvalue weighted by Crippen LogP contribution is 2.28. The summed E-state index contributed by atoms with van der Waals surface area (Å²) in [7, 11) is 0. The van der Waals surface area contributed by atoms with Gasteiger partial charge in [0.2, 0.25) is 5.91 Å². The molecule has 26 heavy (non-hydrogen) atoms. The summed E-state index contributed by atoms with van der Waals surface area (Å²) in [5.41, 5.74) is 1.84. The summed E-state index contributed by atoms with van der Waals surface area (Å²) in [5, 5.41) is 4.63. The highest BCUT2D eigenvalue weighted by atomic mass is 35.5. The van der Waals surface area contributed by atoms with Gasteiger partial charge in [-0.05, 0) is 30.2 Å². The van der Waals surface area contributed by atoms with Crippen molar-refractivity contribution in [3.05, 3.63) is 69.7 Å². The molecule has 2 aromatic rings. The lowest BCUT2D eigenvalue weighted by Gasteiger charge is -2.32. The molecule has 1 saturated heterocycles. The standard InChI is InChI=1S/C20H22Cl2N2O2/c1-14(17-8-7-16(21)13-18(17)22)23-19(15-5-3-2-4-6-15)20(25)24-9-11-26-12-10-24/h2-8,13-14,19,23H,9-12H2,1H3/t14-,19-/m1/s1. The maximum absolute atomic E-state index is 13.2. The second kappa shape index (κ2) is 8.87. The minimum Gasteiger partial charge on any atom is -0.378 e. The van der Waals surface area contributed by atoms with E-state index in [1.165, 1.54) is 0 Å².